The Bertz CT molecular complexity index is 382. The summed E-state index contributed by atoms with van der Waals surface area (Å²) < 4.78 is 0. The zero-order valence-electron chi connectivity index (χ0n) is 13.0. The van der Waals surface area contributed by atoms with Gasteiger partial charge in [-0.25, -0.2) is 4.79 Å². The molecule has 2 rings (SSSR count). The summed E-state index contributed by atoms with van der Waals surface area (Å²) in [6, 6.07) is 0.524. The monoisotopic (exact) mass is 297 g/mol. The number of likely N-dealkylation sites (tertiary alicyclic amines) is 1. The summed E-state index contributed by atoms with van der Waals surface area (Å²) in [6.45, 7) is 4.21. The number of carbonyl (C=O) groups excluding carboxylic acids is 1. The van der Waals surface area contributed by atoms with Gasteiger partial charge in [0.15, 0.2) is 0 Å². The molecule has 1 saturated carbocycles. The Labute approximate surface area is 126 Å². The van der Waals surface area contributed by atoms with Gasteiger partial charge in [0, 0.05) is 32.2 Å². The number of carboxylic acid groups (broad SMARTS) is 1. The van der Waals surface area contributed by atoms with Crippen molar-refractivity contribution in [2.45, 2.75) is 38.6 Å². The smallest absolute Gasteiger partial charge is 0.317 e. The Morgan fingerprint density at radius 1 is 1.29 bits per heavy atom. The average Bonchev–Trinajstić information content (AvgIpc) is 3.07. The second kappa shape index (κ2) is 7.11. The molecule has 0 aromatic heterocycles. The van der Waals surface area contributed by atoms with Crippen molar-refractivity contribution in [2.24, 2.45) is 11.8 Å². The van der Waals surface area contributed by atoms with Crippen LogP contribution in [0, 0.1) is 11.8 Å². The molecule has 2 N–H and O–H groups in total. The lowest BCUT2D eigenvalue weighted by molar-refractivity contribution is -0.142. The van der Waals surface area contributed by atoms with Gasteiger partial charge >= 0.3 is 12.0 Å². The lowest BCUT2D eigenvalue weighted by Crippen LogP contribution is -2.43. The molecule has 0 unspecified atom stereocenters. The second-order valence-corrected chi connectivity index (χ2v) is 6.48. The summed E-state index contributed by atoms with van der Waals surface area (Å²) in [5.74, 6) is -1.22. The summed E-state index contributed by atoms with van der Waals surface area (Å²) in [4.78, 5) is 27.1. The third-order valence-electron chi connectivity index (χ3n) is 4.91. The molecule has 1 aliphatic carbocycles. The molecular weight excluding hydrogens is 270 g/mol. The molecular formula is C15H27N3O3. The normalized spacial score (nSPS) is 26.5. The van der Waals surface area contributed by atoms with Gasteiger partial charge in [-0.05, 0) is 25.8 Å². The van der Waals surface area contributed by atoms with E-state index in [1.165, 1.54) is 25.7 Å². The van der Waals surface area contributed by atoms with Gasteiger partial charge in [0.2, 0.25) is 0 Å². The van der Waals surface area contributed by atoms with Crippen LogP contribution in [0.4, 0.5) is 4.79 Å². The third-order valence-corrected chi connectivity index (χ3v) is 4.91. The molecule has 2 amide bonds. The Hall–Kier alpha value is -1.30. The van der Waals surface area contributed by atoms with E-state index in [0.717, 1.165) is 6.54 Å². The fourth-order valence-corrected chi connectivity index (χ4v) is 3.43. The first-order valence-electron chi connectivity index (χ1n) is 7.95. The number of aliphatic carboxylic acids is 1. The Morgan fingerprint density at radius 3 is 2.52 bits per heavy atom. The quantitative estimate of drug-likeness (QED) is 0.800. The molecule has 2 aliphatic rings. The Morgan fingerprint density at radius 2 is 1.95 bits per heavy atom. The van der Waals surface area contributed by atoms with E-state index >= 15 is 0 Å². The van der Waals surface area contributed by atoms with Gasteiger partial charge in [-0.15, -0.1) is 0 Å². The van der Waals surface area contributed by atoms with Crippen LogP contribution in [0.1, 0.15) is 32.6 Å². The van der Waals surface area contributed by atoms with Gasteiger partial charge in [-0.1, -0.05) is 19.8 Å². The molecule has 1 heterocycles. The maximum absolute atomic E-state index is 12.1. The maximum Gasteiger partial charge on any atom is 0.317 e. The average molecular weight is 297 g/mol. The number of nitrogens with one attached hydrogen (secondary N) is 1. The molecule has 21 heavy (non-hydrogen) atoms. The minimum absolute atomic E-state index is 0.0226. The number of rotatable bonds is 5. The van der Waals surface area contributed by atoms with E-state index in [0.29, 0.717) is 25.7 Å². The van der Waals surface area contributed by atoms with Crippen LogP contribution < -0.4 is 5.32 Å². The lowest BCUT2D eigenvalue weighted by Gasteiger charge is -2.24. The van der Waals surface area contributed by atoms with Crippen molar-refractivity contribution in [3.8, 4) is 0 Å². The van der Waals surface area contributed by atoms with Gasteiger partial charge in [-0.2, -0.15) is 0 Å². The van der Waals surface area contributed by atoms with Gasteiger partial charge in [0.25, 0.3) is 0 Å². The number of carbonyl (C=O) groups is 2. The highest BCUT2D eigenvalue weighted by atomic mass is 16.4. The summed E-state index contributed by atoms with van der Waals surface area (Å²) in [7, 11) is 2.11. The van der Waals surface area contributed by atoms with Gasteiger partial charge in [0.05, 0.1) is 5.92 Å². The number of nitrogens with zero attached hydrogens (tertiary/aromatic N) is 2. The molecule has 2 fully saturated rings. The van der Waals surface area contributed by atoms with Crippen LogP contribution in [0.15, 0.2) is 0 Å². The zero-order valence-corrected chi connectivity index (χ0v) is 13.0. The van der Waals surface area contributed by atoms with Gasteiger partial charge in [-0.3, -0.25) is 4.79 Å². The van der Waals surface area contributed by atoms with E-state index in [9.17, 15) is 9.59 Å². The van der Waals surface area contributed by atoms with Crippen LogP contribution >= 0.6 is 0 Å². The van der Waals surface area contributed by atoms with E-state index < -0.39 is 11.9 Å². The highest BCUT2D eigenvalue weighted by molar-refractivity contribution is 5.77. The van der Waals surface area contributed by atoms with E-state index in [-0.39, 0.29) is 11.9 Å². The van der Waals surface area contributed by atoms with Crippen LogP contribution in [0.2, 0.25) is 0 Å². The van der Waals surface area contributed by atoms with Gasteiger partial charge < -0.3 is 20.2 Å². The SMILES string of the molecule is C[C@@H]1CN(C(=O)NCCN(C)C2CCCC2)C[C@H]1C(=O)O. The predicted octanol–water partition coefficient (Wildman–Crippen LogP) is 1.22. The molecule has 120 valence electrons. The van der Waals surface area contributed by atoms with E-state index in [1.807, 2.05) is 6.92 Å². The number of hydrogen-bond donors (Lipinski definition) is 2. The number of urea groups is 1. The van der Waals surface area contributed by atoms with Gasteiger partial charge in [0.1, 0.15) is 0 Å². The van der Waals surface area contributed by atoms with Crippen molar-refractivity contribution in [1.82, 2.24) is 15.1 Å². The highest BCUT2D eigenvalue weighted by Crippen LogP contribution is 2.23. The number of amides is 2. The van der Waals surface area contributed by atoms with E-state index in [2.05, 4.69) is 17.3 Å². The number of carboxylic acids is 1. The minimum Gasteiger partial charge on any atom is -0.481 e. The molecule has 6 heteroatoms. The molecule has 6 nitrogen and oxygen atoms in total. The summed E-state index contributed by atoms with van der Waals surface area (Å²) in [6.07, 6.45) is 5.13. The highest BCUT2D eigenvalue weighted by Gasteiger charge is 2.36. The first-order valence-corrected chi connectivity index (χ1v) is 7.95. The maximum atomic E-state index is 12.1. The zero-order chi connectivity index (χ0) is 15.4. The van der Waals surface area contributed by atoms with Crippen molar-refractivity contribution >= 4 is 12.0 Å². The molecule has 0 aromatic carbocycles. The fraction of sp³-hybridized carbons (Fsp3) is 0.867. The molecule has 1 aliphatic heterocycles. The van der Waals surface area contributed by atoms with Crippen molar-refractivity contribution in [3.63, 3.8) is 0 Å². The molecule has 1 saturated heterocycles. The predicted molar refractivity (Wildman–Crippen MR) is 80.1 cm³/mol. The number of likely N-dealkylation sites (N-methyl/N-ethyl adjacent to an activating group) is 1. The van der Waals surface area contributed by atoms with Crippen molar-refractivity contribution in [2.75, 3.05) is 33.2 Å². The standard InChI is InChI=1S/C15H27N3O3/c1-11-9-18(10-13(11)14(19)20)15(21)16-7-8-17(2)12-5-3-4-6-12/h11-13H,3-10H2,1-2H3,(H,16,21)(H,19,20)/t11-,13-/m1/s1. The van der Waals surface area contributed by atoms with Crippen LogP contribution in [0.25, 0.3) is 0 Å². The Balaban J connectivity index is 1.69. The summed E-state index contributed by atoms with van der Waals surface area (Å²) in [5, 5.41) is 12.0. The van der Waals surface area contributed by atoms with Crippen LogP contribution in [-0.2, 0) is 4.79 Å². The van der Waals surface area contributed by atoms with E-state index in [4.69, 9.17) is 5.11 Å². The molecule has 2 atom stereocenters. The van der Waals surface area contributed by atoms with Crippen molar-refractivity contribution < 1.29 is 14.7 Å². The first-order chi connectivity index (χ1) is 9.99. The largest absolute Gasteiger partial charge is 0.481 e. The molecule has 0 radical (unpaired) electrons. The lowest BCUT2D eigenvalue weighted by atomic mass is 9.99. The Kier molecular flexibility index (Phi) is 5.45. The molecule has 0 aromatic rings. The topological polar surface area (TPSA) is 72.9 Å². The summed E-state index contributed by atoms with van der Waals surface area (Å²) >= 11 is 0. The van der Waals surface area contributed by atoms with Crippen LogP contribution in [0.3, 0.4) is 0 Å². The molecule has 0 bridgehead atoms. The minimum atomic E-state index is -0.807. The number of hydrogen-bond acceptors (Lipinski definition) is 3. The van der Waals surface area contributed by atoms with E-state index in [1.54, 1.807) is 4.90 Å². The summed E-state index contributed by atoms with van der Waals surface area (Å²) in [5.41, 5.74) is 0. The second-order valence-electron chi connectivity index (χ2n) is 6.48. The van der Waals surface area contributed by atoms with Crippen LogP contribution in [-0.4, -0.2) is 66.2 Å². The fourth-order valence-electron chi connectivity index (χ4n) is 3.43. The third kappa shape index (κ3) is 4.09. The van der Waals surface area contributed by atoms with Crippen LogP contribution in [0.5, 0.6) is 0 Å². The van der Waals surface area contributed by atoms with Crippen molar-refractivity contribution in [1.29, 1.82) is 0 Å². The van der Waals surface area contributed by atoms with Crippen molar-refractivity contribution in [3.05, 3.63) is 0 Å². The molecule has 0 spiro atoms. The first kappa shape index (κ1) is 16.1.